The average molecular weight is 282 g/mol. The quantitative estimate of drug-likeness (QED) is 0.849. The highest BCUT2D eigenvalue weighted by Crippen LogP contribution is 2.28. The third-order valence-corrected chi connectivity index (χ3v) is 4.01. The van der Waals surface area contributed by atoms with Crippen LogP contribution in [0.25, 0.3) is 0 Å². The Labute approximate surface area is 115 Å². The summed E-state index contributed by atoms with van der Waals surface area (Å²) in [5, 5.41) is 0.720. The second-order valence-corrected chi connectivity index (χ2v) is 5.29. The van der Waals surface area contributed by atoms with Gasteiger partial charge in [-0.3, -0.25) is 0 Å². The van der Waals surface area contributed by atoms with Gasteiger partial charge < -0.3 is 5.73 Å². The number of benzene rings is 2. The minimum atomic E-state index is -0.237. The van der Waals surface area contributed by atoms with Gasteiger partial charge in [-0.15, -0.1) is 11.8 Å². The van der Waals surface area contributed by atoms with Gasteiger partial charge in [0.15, 0.2) is 0 Å². The van der Waals surface area contributed by atoms with Crippen molar-refractivity contribution >= 4 is 23.4 Å². The first kappa shape index (κ1) is 13.4. The molecule has 0 aliphatic rings. The molecular weight excluding hydrogens is 269 g/mol. The molecule has 0 unspecified atom stereocenters. The molecular formula is C14H13ClFNS. The Hall–Kier alpha value is -1.03. The summed E-state index contributed by atoms with van der Waals surface area (Å²) >= 11 is 7.41. The molecule has 0 spiro atoms. The fourth-order valence-corrected chi connectivity index (χ4v) is 2.78. The van der Waals surface area contributed by atoms with Crippen LogP contribution in [0.3, 0.4) is 0 Å². The van der Waals surface area contributed by atoms with E-state index in [0.29, 0.717) is 5.56 Å². The maximum atomic E-state index is 13.5. The Morgan fingerprint density at radius 2 is 1.83 bits per heavy atom. The van der Waals surface area contributed by atoms with E-state index in [1.165, 1.54) is 6.07 Å². The predicted molar refractivity (Wildman–Crippen MR) is 75.3 cm³/mol. The normalized spacial score (nSPS) is 10.6. The fourth-order valence-electron chi connectivity index (χ4n) is 1.61. The standard InChI is InChI=1S/C14H13ClFNS/c15-11-6-4-10(5-7-11)9-18-14-3-1-2-13(16)12(14)8-17/h1-7H,8-9,17H2. The van der Waals surface area contributed by atoms with Crippen molar-refractivity contribution in [1.82, 2.24) is 0 Å². The van der Waals surface area contributed by atoms with Gasteiger partial charge in [0.05, 0.1) is 0 Å². The van der Waals surface area contributed by atoms with E-state index < -0.39 is 0 Å². The van der Waals surface area contributed by atoms with Crippen molar-refractivity contribution in [2.45, 2.75) is 17.2 Å². The van der Waals surface area contributed by atoms with Crippen molar-refractivity contribution in [2.75, 3.05) is 0 Å². The molecule has 0 bridgehead atoms. The highest BCUT2D eigenvalue weighted by atomic mass is 35.5. The van der Waals surface area contributed by atoms with Gasteiger partial charge in [0.2, 0.25) is 0 Å². The van der Waals surface area contributed by atoms with Gasteiger partial charge in [-0.25, -0.2) is 4.39 Å². The summed E-state index contributed by atoms with van der Waals surface area (Å²) in [5.41, 5.74) is 7.30. The Morgan fingerprint density at radius 3 is 2.50 bits per heavy atom. The van der Waals surface area contributed by atoms with Crippen molar-refractivity contribution in [3.05, 3.63) is 64.4 Å². The topological polar surface area (TPSA) is 26.0 Å². The largest absolute Gasteiger partial charge is 0.326 e. The molecule has 2 N–H and O–H groups in total. The van der Waals surface area contributed by atoms with E-state index in [1.807, 2.05) is 30.3 Å². The molecule has 0 amide bonds. The molecule has 1 nitrogen and oxygen atoms in total. The van der Waals surface area contributed by atoms with E-state index in [-0.39, 0.29) is 12.4 Å². The fraction of sp³-hybridized carbons (Fsp3) is 0.143. The molecule has 2 rings (SSSR count). The molecule has 2 aromatic rings. The van der Waals surface area contributed by atoms with Crippen molar-refractivity contribution in [2.24, 2.45) is 5.73 Å². The van der Waals surface area contributed by atoms with E-state index in [2.05, 4.69) is 0 Å². The van der Waals surface area contributed by atoms with Gasteiger partial charge in [-0.1, -0.05) is 29.8 Å². The van der Waals surface area contributed by atoms with E-state index in [1.54, 1.807) is 17.8 Å². The van der Waals surface area contributed by atoms with E-state index in [9.17, 15) is 4.39 Å². The Bertz CT molecular complexity index is 528. The van der Waals surface area contributed by atoms with Gasteiger partial charge in [0.1, 0.15) is 5.82 Å². The lowest BCUT2D eigenvalue weighted by Gasteiger charge is -2.08. The Morgan fingerprint density at radius 1 is 1.11 bits per heavy atom. The zero-order valence-corrected chi connectivity index (χ0v) is 11.3. The third kappa shape index (κ3) is 3.25. The van der Waals surface area contributed by atoms with Crippen LogP contribution in [0.1, 0.15) is 11.1 Å². The molecule has 2 aromatic carbocycles. The number of nitrogens with two attached hydrogens (primary N) is 1. The summed E-state index contributed by atoms with van der Waals surface area (Å²) < 4.78 is 13.5. The number of hydrogen-bond acceptors (Lipinski definition) is 2. The molecule has 0 aliphatic carbocycles. The number of thioether (sulfide) groups is 1. The molecule has 4 heteroatoms. The first-order valence-corrected chi connectivity index (χ1v) is 6.92. The van der Waals surface area contributed by atoms with Gasteiger partial charge >= 0.3 is 0 Å². The second kappa shape index (κ2) is 6.23. The summed E-state index contributed by atoms with van der Waals surface area (Å²) in [6.45, 7) is 0.218. The highest BCUT2D eigenvalue weighted by molar-refractivity contribution is 7.98. The van der Waals surface area contributed by atoms with Crippen LogP contribution in [-0.2, 0) is 12.3 Å². The molecule has 0 aromatic heterocycles. The molecule has 94 valence electrons. The van der Waals surface area contributed by atoms with E-state index in [4.69, 9.17) is 17.3 Å². The second-order valence-electron chi connectivity index (χ2n) is 3.84. The molecule has 0 saturated carbocycles. The van der Waals surface area contributed by atoms with Crippen LogP contribution in [0.2, 0.25) is 5.02 Å². The molecule has 0 saturated heterocycles. The van der Waals surface area contributed by atoms with Crippen LogP contribution in [0.15, 0.2) is 47.4 Å². The molecule has 18 heavy (non-hydrogen) atoms. The zero-order valence-electron chi connectivity index (χ0n) is 9.70. The average Bonchev–Trinajstić information content (AvgIpc) is 2.38. The first-order valence-electron chi connectivity index (χ1n) is 5.55. The maximum absolute atomic E-state index is 13.5. The van der Waals surface area contributed by atoms with Crippen LogP contribution < -0.4 is 5.73 Å². The molecule has 0 heterocycles. The van der Waals surface area contributed by atoms with E-state index in [0.717, 1.165) is 21.2 Å². The van der Waals surface area contributed by atoms with Gasteiger partial charge in [0.25, 0.3) is 0 Å². The predicted octanol–water partition coefficient (Wildman–Crippen LogP) is 4.23. The smallest absolute Gasteiger partial charge is 0.128 e. The van der Waals surface area contributed by atoms with Crippen LogP contribution in [0.4, 0.5) is 4.39 Å². The SMILES string of the molecule is NCc1c(F)cccc1SCc1ccc(Cl)cc1. The Balaban J connectivity index is 2.10. The van der Waals surface area contributed by atoms with Gasteiger partial charge in [-0.05, 0) is 29.8 Å². The lowest BCUT2D eigenvalue weighted by atomic mass is 10.2. The minimum Gasteiger partial charge on any atom is -0.326 e. The maximum Gasteiger partial charge on any atom is 0.128 e. The lowest BCUT2D eigenvalue weighted by Crippen LogP contribution is -2.01. The summed E-state index contributed by atoms with van der Waals surface area (Å²) in [6, 6.07) is 12.7. The number of rotatable bonds is 4. The van der Waals surface area contributed by atoms with Crippen LogP contribution >= 0.6 is 23.4 Å². The molecule has 0 fully saturated rings. The molecule has 0 aliphatic heterocycles. The van der Waals surface area contributed by atoms with Gasteiger partial charge in [-0.2, -0.15) is 0 Å². The van der Waals surface area contributed by atoms with Crippen molar-refractivity contribution in [1.29, 1.82) is 0 Å². The Kier molecular flexibility index (Phi) is 4.64. The van der Waals surface area contributed by atoms with Crippen molar-refractivity contribution in [3.63, 3.8) is 0 Å². The summed E-state index contributed by atoms with van der Waals surface area (Å²) in [6.07, 6.45) is 0. The van der Waals surface area contributed by atoms with Crippen molar-refractivity contribution in [3.8, 4) is 0 Å². The first-order chi connectivity index (χ1) is 8.70. The van der Waals surface area contributed by atoms with Crippen molar-refractivity contribution < 1.29 is 4.39 Å². The lowest BCUT2D eigenvalue weighted by molar-refractivity contribution is 0.604. The monoisotopic (exact) mass is 281 g/mol. The number of hydrogen-bond donors (Lipinski definition) is 1. The summed E-state index contributed by atoms with van der Waals surface area (Å²) in [7, 11) is 0. The third-order valence-electron chi connectivity index (χ3n) is 2.59. The summed E-state index contributed by atoms with van der Waals surface area (Å²) in [5.74, 6) is 0.534. The molecule has 0 atom stereocenters. The van der Waals surface area contributed by atoms with Gasteiger partial charge in [0, 0.05) is 27.8 Å². The minimum absolute atomic E-state index is 0.218. The van der Waals surface area contributed by atoms with E-state index >= 15 is 0 Å². The zero-order chi connectivity index (χ0) is 13.0. The van der Waals surface area contributed by atoms with Crippen LogP contribution in [0, 0.1) is 5.82 Å². The van der Waals surface area contributed by atoms with Crippen LogP contribution in [0.5, 0.6) is 0 Å². The number of halogens is 2. The summed E-state index contributed by atoms with van der Waals surface area (Å²) in [4.78, 5) is 0.896. The molecule has 0 radical (unpaired) electrons. The highest BCUT2D eigenvalue weighted by Gasteiger charge is 2.07. The van der Waals surface area contributed by atoms with Crippen LogP contribution in [-0.4, -0.2) is 0 Å².